The number of quaternary nitrogens is 1. The molecule has 3 aromatic rings. The summed E-state index contributed by atoms with van der Waals surface area (Å²) in [6, 6.07) is 15.0. The van der Waals surface area contributed by atoms with Crippen LogP contribution in [0.15, 0.2) is 57.9 Å². The molecule has 0 aliphatic carbocycles. The maximum atomic E-state index is 12.8. The lowest BCUT2D eigenvalue weighted by molar-refractivity contribution is -0.918. The van der Waals surface area contributed by atoms with E-state index in [1.807, 2.05) is 50.2 Å². The first-order valence-electron chi connectivity index (χ1n) is 9.72. The number of nitrogens with one attached hydrogen (secondary N) is 1. The molecule has 0 saturated carbocycles. The highest BCUT2D eigenvalue weighted by molar-refractivity contribution is 7.89. The quantitative estimate of drug-likeness (QED) is 0.685. The second-order valence-corrected chi connectivity index (χ2v) is 9.46. The summed E-state index contributed by atoms with van der Waals surface area (Å²) < 4.78 is 32.6. The van der Waals surface area contributed by atoms with E-state index in [0.717, 1.165) is 11.1 Å². The first-order chi connectivity index (χ1) is 13.9. The fourth-order valence-corrected chi connectivity index (χ4v) is 4.88. The van der Waals surface area contributed by atoms with Crippen molar-refractivity contribution in [3.05, 3.63) is 65.5 Å². The maximum Gasteiger partial charge on any atom is 0.282 e. The van der Waals surface area contributed by atoms with Gasteiger partial charge in [-0.15, -0.1) is 0 Å². The topological polar surface area (TPSA) is 80.7 Å². The van der Waals surface area contributed by atoms with Crippen molar-refractivity contribution in [2.75, 3.05) is 26.2 Å². The number of hydrogen-bond acceptors (Lipinski definition) is 5. The van der Waals surface area contributed by atoms with Crippen molar-refractivity contribution < 1.29 is 17.8 Å². The van der Waals surface area contributed by atoms with Gasteiger partial charge in [0.05, 0.1) is 31.1 Å². The van der Waals surface area contributed by atoms with Gasteiger partial charge in [0, 0.05) is 5.56 Å². The molecule has 1 aromatic heterocycles. The van der Waals surface area contributed by atoms with Crippen LogP contribution in [0.25, 0.3) is 11.4 Å². The summed E-state index contributed by atoms with van der Waals surface area (Å²) >= 11 is 0. The molecule has 152 valence electrons. The van der Waals surface area contributed by atoms with Crippen LogP contribution in [0.3, 0.4) is 0 Å². The summed E-state index contributed by atoms with van der Waals surface area (Å²) in [6.07, 6.45) is 0. The number of nitrogens with zero attached hydrogens (tertiary/aromatic N) is 3. The molecule has 4 rings (SSSR count). The van der Waals surface area contributed by atoms with Crippen LogP contribution < -0.4 is 4.90 Å². The Kier molecular flexibility index (Phi) is 5.49. The average molecular weight is 414 g/mol. The van der Waals surface area contributed by atoms with Gasteiger partial charge in [-0.3, -0.25) is 0 Å². The molecule has 8 heteroatoms. The summed E-state index contributed by atoms with van der Waals surface area (Å²) in [4.78, 5) is 6.09. The first-order valence-corrected chi connectivity index (χ1v) is 11.2. The van der Waals surface area contributed by atoms with E-state index in [1.165, 1.54) is 10.5 Å². The molecule has 29 heavy (non-hydrogen) atoms. The van der Waals surface area contributed by atoms with Crippen LogP contribution in [0, 0.1) is 13.8 Å². The Bertz CT molecular complexity index is 1070. The molecular formula is C21H25N4O3S+. The van der Waals surface area contributed by atoms with Crippen molar-refractivity contribution in [2.24, 2.45) is 0 Å². The van der Waals surface area contributed by atoms with Crippen molar-refractivity contribution in [2.45, 2.75) is 25.3 Å². The summed E-state index contributed by atoms with van der Waals surface area (Å²) in [5, 5.41) is 4.08. The van der Waals surface area contributed by atoms with Crippen LogP contribution in [0.2, 0.25) is 0 Å². The largest absolute Gasteiger partial charge is 0.333 e. The molecule has 0 atom stereocenters. The van der Waals surface area contributed by atoms with Gasteiger partial charge in [0.25, 0.3) is 5.89 Å². The lowest BCUT2D eigenvalue weighted by atomic mass is 10.1. The predicted octanol–water partition coefficient (Wildman–Crippen LogP) is 1.44. The van der Waals surface area contributed by atoms with Crippen LogP contribution >= 0.6 is 0 Å². The van der Waals surface area contributed by atoms with E-state index in [9.17, 15) is 8.42 Å². The molecule has 2 aromatic carbocycles. The van der Waals surface area contributed by atoms with Crippen LogP contribution in [0.1, 0.15) is 17.0 Å². The minimum Gasteiger partial charge on any atom is -0.333 e. The zero-order valence-corrected chi connectivity index (χ0v) is 17.4. The third kappa shape index (κ3) is 4.39. The van der Waals surface area contributed by atoms with E-state index in [2.05, 4.69) is 10.1 Å². The van der Waals surface area contributed by atoms with Gasteiger partial charge in [-0.1, -0.05) is 52.7 Å². The number of hydrogen-bond donors (Lipinski definition) is 1. The molecule has 1 N–H and O–H groups in total. The summed E-state index contributed by atoms with van der Waals surface area (Å²) in [7, 11) is -3.44. The van der Waals surface area contributed by atoms with Gasteiger partial charge < -0.3 is 9.42 Å². The number of piperazine rings is 1. The van der Waals surface area contributed by atoms with Crippen LogP contribution in [0.4, 0.5) is 0 Å². The van der Waals surface area contributed by atoms with Gasteiger partial charge in [-0.25, -0.2) is 8.42 Å². The molecule has 2 heterocycles. The number of rotatable bonds is 5. The standard InChI is InChI=1S/C21H24N4O3S/c1-16-3-7-18(8-4-16)21-22-20(28-23-21)15-24-11-13-25(14-12-24)29(26,27)19-9-5-17(2)6-10-19/h3-10H,11-15H2,1-2H3/p+1. The molecule has 1 aliphatic heterocycles. The fourth-order valence-electron chi connectivity index (χ4n) is 3.44. The third-order valence-corrected chi connectivity index (χ3v) is 7.18. The lowest BCUT2D eigenvalue weighted by Gasteiger charge is -2.30. The van der Waals surface area contributed by atoms with Gasteiger partial charge in [-0.2, -0.15) is 9.29 Å². The second-order valence-electron chi connectivity index (χ2n) is 7.52. The first kappa shape index (κ1) is 19.8. The number of sulfonamides is 1. The van der Waals surface area contributed by atoms with E-state index in [1.54, 1.807) is 16.4 Å². The van der Waals surface area contributed by atoms with Gasteiger partial charge in [-0.05, 0) is 26.0 Å². The monoisotopic (exact) mass is 413 g/mol. The van der Waals surface area contributed by atoms with Crippen molar-refractivity contribution in [1.82, 2.24) is 14.4 Å². The van der Waals surface area contributed by atoms with Crippen molar-refractivity contribution in [3.8, 4) is 11.4 Å². The van der Waals surface area contributed by atoms with E-state index in [-0.39, 0.29) is 0 Å². The fraction of sp³-hybridized carbons (Fsp3) is 0.333. The molecule has 0 amide bonds. The Balaban J connectivity index is 1.37. The van der Waals surface area contributed by atoms with E-state index in [0.29, 0.717) is 49.3 Å². The Hall–Kier alpha value is -2.55. The normalized spacial score (nSPS) is 16.2. The molecule has 0 radical (unpaired) electrons. The van der Waals surface area contributed by atoms with Gasteiger partial charge >= 0.3 is 0 Å². The molecule has 1 saturated heterocycles. The van der Waals surface area contributed by atoms with E-state index in [4.69, 9.17) is 4.52 Å². The SMILES string of the molecule is Cc1ccc(-c2noc(C[NH+]3CCN(S(=O)(=O)c4ccc(C)cc4)CC3)n2)cc1. The third-order valence-electron chi connectivity index (χ3n) is 5.27. The molecule has 7 nitrogen and oxygen atoms in total. The minimum absolute atomic E-state index is 0.353. The molecule has 0 unspecified atom stereocenters. The Morgan fingerprint density at radius 2 is 1.55 bits per heavy atom. The highest BCUT2D eigenvalue weighted by Crippen LogP contribution is 2.17. The smallest absolute Gasteiger partial charge is 0.282 e. The molecule has 0 spiro atoms. The van der Waals surface area contributed by atoms with Gasteiger partial charge in [0.2, 0.25) is 15.8 Å². The Morgan fingerprint density at radius 3 is 2.17 bits per heavy atom. The lowest BCUT2D eigenvalue weighted by Crippen LogP contribution is -3.13. The second kappa shape index (κ2) is 8.06. The highest BCUT2D eigenvalue weighted by atomic mass is 32.2. The highest BCUT2D eigenvalue weighted by Gasteiger charge is 2.31. The van der Waals surface area contributed by atoms with E-state index < -0.39 is 10.0 Å². The number of aryl methyl sites for hydroxylation is 2. The van der Waals surface area contributed by atoms with E-state index >= 15 is 0 Å². The molecule has 1 fully saturated rings. The van der Waals surface area contributed by atoms with Crippen molar-refractivity contribution in [3.63, 3.8) is 0 Å². The summed E-state index contributed by atoms with van der Waals surface area (Å²) in [6.45, 7) is 6.93. The Labute approximate surface area is 171 Å². The Morgan fingerprint density at radius 1 is 0.966 bits per heavy atom. The molecule has 0 bridgehead atoms. The van der Waals surface area contributed by atoms with Gasteiger partial charge in [0.1, 0.15) is 0 Å². The molecular weight excluding hydrogens is 388 g/mol. The van der Waals surface area contributed by atoms with Crippen molar-refractivity contribution in [1.29, 1.82) is 0 Å². The minimum atomic E-state index is -3.44. The average Bonchev–Trinajstić information content (AvgIpc) is 3.18. The number of aromatic nitrogens is 2. The van der Waals surface area contributed by atoms with Crippen LogP contribution in [-0.2, 0) is 16.6 Å². The maximum absolute atomic E-state index is 12.8. The van der Waals surface area contributed by atoms with Gasteiger partial charge in [0.15, 0.2) is 6.54 Å². The number of benzene rings is 2. The predicted molar refractivity (Wildman–Crippen MR) is 109 cm³/mol. The van der Waals surface area contributed by atoms with Crippen LogP contribution in [0.5, 0.6) is 0 Å². The molecule has 1 aliphatic rings. The summed E-state index contributed by atoms with van der Waals surface area (Å²) in [5.74, 6) is 1.16. The zero-order chi connectivity index (χ0) is 20.4. The van der Waals surface area contributed by atoms with Crippen molar-refractivity contribution >= 4 is 10.0 Å². The van der Waals surface area contributed by atoms with Crippen LogP contribution in [-0.4, -0.2) is 49.0 Å². The zero-order valence-electron chi connectivity index (χ0n) is 16.6. The summed E-state index contributed by atoms with van der Waals surface area (Å²) in [5.41, 5.74) is 3.15.